The number of hydrogen-bond donors (Lipinski definition) is 0. The van der Waals surface area contributed by atoms with Crippen LogP contribution >= 0.6 is 11.8 Å². The van der Waals surface area contributed by atoms with Gasteiger partial charge in [-0.05, 0) is 38.8 Å². The Bertz CT molecular complexity index is 876. The molecule has 0 unspecified atom stereocenters. The van der Waals surface area contributed by atoms with E-state index in [9.17, 15) is 5.26 Å². The van der Waals surface area contributed by atoms with E-state index >= 15 is 0 Å². The zero-order valence-corrected chi connectivity index (χ0v) is 14.1. The fraction of sp³-hybridized carbons (Fsp3) is 0.294. The van der Waals surface area contributed by atoms with Gasteiger partial charge in [-0.1, -0.05) is 41.6 Å². The van der Waals surface area contributed by atoms with Crippen molar-refractivity contribution in [1.82, 2.24) is 19.6 Å². The first-order valence-corrected chi connectivity index (χ1v) is 8.26. The van der Waals surface area contributed by atoms with E-state index in [1.807, 2.05) is 19.9 Å². The van der Waals surface area contributed by atoms with Crippen LogP contribution in [0.5, 0.6) is 0 Å². The van der Waals surface area contributed by atoms with E-state index in [2.05, 4.69) is 52.3 Å². The Hall–Kier alpha value is -2.39. The van der Waals surface area contributed by atoms with Gasteiger partial charge in [0.2, 0.25) is 5.16 Å². The monoisotopic (exact) mass is 323 g/mol. The maximum absolute atomic E-state index is 9.43. The lowest BCUT2D eigenvalue weighted by Gasteiger charge is -2.06. The molecule has 0 amide bonds. The third kappa shape index (κ3) is 3.51. The molecule has 0 aliphatic rings. The SMILES string of the molecule is Cc1ccc(C[C@@H](C#N)Sc2nc3nc(C)cc(C)n3n2)cc1. The van der Waals surface area contributed by atoms with E-state index in [1.54, 1.807) is 4.52 Å². The lowest BCUT2D eigenvalue weighted by Crippen LogP contribution is -2.04. The van der Waals surface area contributed by atoms with Crippen molar-refractivity contribution >= 4 is 17.5 Å². The van der Waals surface area contributed by atoms with Gasteiger partial charge in [-0.2, -0.15) is 10.2 Å². The van der Waals surface area contributed by atoms with Gasteiger partial charge in [0.25, 0.3) is 5.78 Å². The van der Waals surface area contributed by atoms with Crippen LogP contribution in [0.4, 0.5) is 0 Å². The second kappa shape index (κ2) is 6.39. The first kappa shape index (κ1) is 15.5. The molecule has 23 heavy (non-hydrogen) atoms. The van der Waals surface area contributed by atoms with Crippen molar-refractivity contribution in [1.29, 1.82) is 5.26 Å². The van der Waals surface area contributed by atoms with E-state index in [0.29, 0.717) is 17.4 Å². The molecule has 3 aromatic rings. The van der Waals surface area contributed by atoms with Gasteiger partial charge in [-0.25, -0.2) is 9.50 Å². The van der Waals surface area contributed by atoms with Gasteiger partial charge in [0.15, 0.2) is 0 Å². The molecular formula is C17H17N5S. The van der Waals surface area contributed by atoms with Gasteiger partial charge in [0.1, 0.15) is 5.25 Å². The number of nitriles is 1. The van der Waals surface area contributed by atoms with E-state index in [0.717, 1.165) is 17.0 Å². The number of rotatable bonds is 4. The summed E-state index contributed by atoms with van der Waals surface area (Å²) in [5.41, 5.74) is 4.26. The molecule has 0 bridgehead atoms. The molecule has 0 aliphatic carbocycles. The van der Waals surface area contributed by atoms with E-state index < -0.39 is 0 Å². The molecule has 6 heteroatoms. The topological polar surface area (TPSA) is 66.9 Å². The average Bonchev–Trinajstić information content (AvgIpc) is 2.91. The van der Waals surface area contributed by atoms with Crippen molar-refractivity contribution in [2.75, 3.05) is 0 Å². The Morgan fingerprint density at radius 3 is 2.61 bits per heavy atom. The summed E-state index contributed by atoms with van der Waals surface area (Å²) in [4.78, 5) is 8.81. The van der Waals surface area contributed by atoms with Gasteiger partial charge in [0.05, 0.1) is 6.07 Å². The number of fused-ring (bicyclic) bond motifs is 1. The minimum absolute atomic E-state index is 0.225. The zero-order chi connectivity index (χ0) is 16.4. The van der Waals surface area contributed by atoms with Crippen molar-refractivity contribution in [3.05, 3.63) is 52.8 Å². The van der Waals surface area contributed by atoms with Crippen LogP contribution < -0.4 is 0 Å². The number of nitrogens with zero attached hydrogens (tertiary/aromatic N) is 5. The molecule has 2 heterocycles. The molecule has 1 atom stereocenters. The van der Waals surface area contributed by atoms with Crippen molar-refractivity contribution < 1.29 is 0 Å². The number of aromatic nitrogens is 4. The molecule has 3 rings (SSSR count). The predicted molar refractivity (Wildman–Crippen MR) is 90.4 cm³/mol. The summed E-state index contributed by atoms with van der Waals surface area (Å²) in [6, 6.07) is 12.5. The summed E-state index contributed by atoms with van der Waals surface area (Å²) in [5.74, 6) is 0.581. The Labute approximate surface area is 139 Å². The quantitative estimate of drug-likeness (QED) is 0.689. The Kier molecular flexibility index (Phi) is 4.30. The standard InChI is InChI=1S/C17H17N5S/c1-11-4-6-14(7-5-11)9-15(10-18)23-17-20-16-19-12(2)8-13(3)22(16)21-17/h4-8,15H,9H2,1-3H3/t15-/m0/s1. The maximum atomic E-state index is 9.43. The highest BCUT2D eigenvalue weighted by molar-refractivity contribution is 8.00. The molecule has 0 fully saturated rings. The van der Waals surface area contributed by atoms with E-state index in [1.165, 1.54) is 17.3 Å². The summed E-state index contributed by atoms with van der Waals surface area (Å²) in [5, 5.41) is 14.2. The summed E-state index contributed by atoms with van der Waals surface area (Å²) in [7, 11) is 0. The third-order valence-corrected chi connectivity index (χ3v) is 4.47. The minimum atomic E-state index is -0.225. The lowest BCUT2D eigenvalue weighted by atomic mass is 10.1. The molecule has 0 radical (unpaired) electrons. The number of thioether (sulfide) groups is 1. The van der Waals surface area contributed by atoms with Crippen LogP contribution in [-0.2, 0) is 6.42 Å². The van der Waals surface area contributed by atoms with Crippen LogP contribution in [0.2, 0.25) is 0 Å². The third-order valence-electron chi connectivity index (χ3n) is 3.53. The van der Waals surface area contributed by atoms with Crippen LogP contribution in [0.15, 0.2) is 35.5 Å². The van der Waals surface area contributed by atoms with Gasteiger partial charge >= 0.3 is 0 Å². The number of hydrogen-bond acceptors (Lipinski definition) is 5. The lowest BCUT2D eigenvalue weighted by molar-refractivity contribution is 0.841. The summed E-state index contributed by atoms with van der Waals surface area (Å²) < 4.78 is 1.72. The number of benzene rings is 1. The average molecular weight is 323 g/mol. The molecule has 2 aromatic heterocycles. The number of aryl methyl sites for hydroxylation is 3. The molecule has 0 N–H and O–H groups in total. The van der Waals surface area contributed by atoms with Crippen LogP contribution in [0.3, 0.4) is 0 Å². The van der Waals surface area contributed by atoms with Crippen molar-refractivity contribution in [3.8, 4) is 6.07 Å². The fourth-order valence-electron chi connectivity index (χ4n) is 2.38. The molecular weight excluding hydrogens is 306 g/mol. The summed E-state index contributed by atoms with van der Waals surface area (Å²) in [6.07, 6.45) is 0.669. The molecule has 1 aromatic carbocycles. The first-order valence-electron chi connectivity index (χ1n) is 7.38. The summed E-state index contributed by atoms with van der Waals surface area (Å²) in [6.45, 7) is 5.96. The van der Waals surface area contributed by atoms with Crippen molar-refractivity contribution in [2.24, 2.45) is 0 Å². The Morgan fingerprint density at radius 2 is 1.91 bits per heavy atom. The van der Waals surface area contributed by atoms with E-state index in [-0.39, 0.29) is 5.25 Å². The minimum Gasteiger partial charge on any atom is -0.216 e. The molecule has 0 saturated carbocycles. The summed E-state index contributed by atoms with van der Waals surface area (Å²) >= 11 is 1.38. The van der Waals surface area contributed by atoms with Crippen LogP contribution in [-0.4, -0.2) is 24.8 Å². The first-order chi connectivity index (χ1) is 11.0. The highest BCUT2D eigenvalue weighted by Crippen LogP contribution is 2.23. The molecule has 0 saturated heterocycles. The smallest absolute Gasteiger partial charge is 0.216 e. The largest absolute Gasteiger partial charge is 0.253 e. The Morgan fingerprint density at radius 1 is 1.17 bits per heavy atom. The van der Waals surface area contributed by atoms with Crippen molar-refractivity contribution in [3.63, 3.8) is 0 Å². The Balaban J connectivity index is 1.80. The van der Waals surface area contributed by atoms with Gasteiger partial charge in [-0.15, -0.1) is 5.10 Å². The van der Waals surface area contributed by atoms with Crippen LogP contribution in [0.25, 0.3) is 5.78 Å². The van der Waals surface area contributed by atoms with Gasteiger partial charge < -0.3 is 0 Å². The normalized spacial score (nSPS) is 12.3. The highest BCUT2D eigenvalue weighted by Gasteiger charge is 2.15. The highest BCUT2D eigenvalue weighted by atomic mass is 32.2. The van der Waals surface area contributed by atoms with Gasteiger partial charge in [0, 0.05) is 11.4 Å². The maximum Gasteiger partial charge on any atom is 0.253 e. The second-order valence-electron chi connectivity index (χ2n) is 5.57. The molecule has 116 valence electrons. The molecule has 5 nitrogen and oxygen atoms in total. The second-order valence-corrected chi connectivity index (χ2v) is 6.74. The van der Waals surface area contributed by atoms with Crippen LogP contribution in [0, 0.1) is 32.1 Å². The molecule has 0 spiro atoms. The fourth-order valence-corrected chi connectivity index (χ4v) is 3.22. The van der Waals surface area contributed by atoms with Gasteiger partial charge in [-0.3, -0.25) is 0 Å². The van der Waals surface area contributed by atoms with E-state index in [4.69, 9.17) is 0 Å². The zero-order valence-electron chi connectivity index (χ0n) is 13.3. The van der Waals surface area contributed by atoms with Crippen LogP contribution in [0.1, 0.15) is 22.5 Å². The van der Waals surface area contributed by atoms with Crippen molar-refractivity contribution in [2.45, 2.75) is 37.6 Å². The predicted octanol–water partition coefficient (Wildman–Crippen LogP) is 3.28. The molecule has 0 aliphatic heterocycles.